The molecule has 12 heavy (non-hydrogen) atoms. The van der Waals surface area contributed by atoms with E-state index in [0.717, 1.165) is 11.5 Å². The van der Waals surface area contributed by atoms with Crippen LogP contribution in [0.15, 0.2) is 24.3 Å². The Hall–Kier alpha value is -0.273. The van der Waals surface area contributed by atoms with Crippen LogP contribution in [0.4, 0.5) is 0 Å². The molecular weight excluding hydrogens is 184 g/mol. The molecule has 2 unspecified atom stereocenters. The maximum absolute atomic E-state index is 6.07. The van der Waals surface area contributed by atoms with Crippen LogP contribution in [0.25, 0.3) is 0 Å². The summed E-state index contributed by atoms with van der Waals surface area (Å²) < 4.78 is 0. The lowest BCUT2D eigenvalue weighted by Crippen LogP contribution is -2.07. The highest BCUT2D eigenvalue weighted by molar-refractivity contribution is 6.94. The maximum atomic E-state index is 6.07. The van der Waals surface area contributed by atoms with E-state index >= 15 is 0 Å². The van der Waals surface area contributed by atoms with Crippen LogP contribution in [0.5, 0.6) is 0 Å². The molecular formula is C10H13ClSi. The van der Waals surface area contributed by atoms with Gasteiger partial charge in [0.25, 0.3) is 0 Å². The minimum absolute atomic E-state index is 0.393. The molecule has 1 aliphatic rings. The summed E-state index contributed by atoms with van der Waals surface area (Å²) in [5.74, 6) is 0.784. The lowest BCUT2D eigenvalue weighted by Gasteiger charge is -2.11. The van der Waals surface area contributed by atoms with Crippen LogP contribution < -0.4 is 0 Å². The SMILES string of the molecule is CC1Cc2ccccc2C1[SiH2]Cl. The Morgan fingerprint density at radius 3 is 2.92 bits per heavy atom. The summed E-state index contributed by atoms with van der Waals surface area (Å²) in [4.78, 5) is 0. The molecule has 0 N–H and O–H groups in total. The third-order valence-corrected chi connectivity index (χ3v) is 5.42. The van der Waals surface area contributed by atoms with Gasteiger partial charge in [0, 0.05) is 0 Å². The van der Waals surface area contributed by atoms with Gasteiger partial charge in [0.15, 0.2) is 0 Å². The van der Waals surface area contributed by atoms with Crippen molar-refractivity contribution in [3.8, 4) is 0 Å². The second-order valence-corrected chi connectivity index (χ2v) is 5.76. The van der Waals surface area contributed by atoms with E-state index in [1.165, 1.54) is 17.5 Å². The van der Waals surface area contributed by atoms with Crippen molar-refractivity contribution in [2.45, 2.75) is 18.9 Å². The number of hydrogen-bond acceptors (Lipinski definition) is 0. The van der Waals surface area contributed by atoms with Crippen molar-refractivity contribution < 1.29 is 0 Å². The lowest BCUT2D eigenvalue weighted by molar-refractivity contribution is 0.606. The molecule has 0 fully saturated rings. The molecule has 2 heteroatoms. The zero-order valence-electron chi connectivity index (χ0n) is 7.26. The Labute approximate surface area is 80.5 Å². The summed E-state index contributed by atoms with van der Waals surface area (Å²) in [6, 6.07) is 8.75. The van der Waals surface area contributed by atoms with Crippen molar-refractivity contribution in [3.05, 3.63) is 35.4 Å². The van der Waals surface area contributed by atoms with Crippen LogP contribution in [0.2, 0.25) is 0 Å². The first-order valence-electron chi connectivity index (χ1n) is 4.46. The molecule has 0 radical (unpaired) electrons. The van der Waals surface area contributed by atoms with Crippen LogP contribution in [-0.2, 0) is 6.42 Å². The molecule has 0 aliphatic heterocycles. The van der Waals surface area contributed by atoms with E-state index < -0.39 is 8.83 Å². The topological polar surface area (TPSA) is 0 Å². The number of benzene rings is 1. The van der Waals surface area contributed by atoms with Crippen molar-refractivity contribution in [2.24, 2.45) is 5.92 Å². The quantitative estimate of drug-likeness (QED) is 0.478. The number of hydrogen-bond donors (Lipinski definition) is 0. The van der Waals surface area contributed by atoms with E-state index in [1.54, 1.807) is 0 Å². The monoisotopic (exact) mass is 196 g/mol. The van der Waals surface area contributed by atoms with Crippen LogP contribution >= 0.6 is 11.1 Å². The van der Waals surface area contributed by atoms with Gasteiger partial charge in [0.1, 0.15) is 8.83 Å². The molecule has 0 saturated heterocycles. The minimum Gasteiger partial charge on any atom is -0.175 e. The summed E-state index contributed by atoms with van der Waals surface area (Å²) >= 11 is 6.07. The third kappa shape index (κ3) is 1.21. The van der Waals surface area contributed by atoms with Crippen molar-refractivity contribution in [1.82, 2.24) is 0 Å². The van der Waals surface area contributed by atoms with E-state index in [0.29, 0.717) is 0 Å². The molecule has 1 aromatic carbocycles. The van der Waals surface area contributed by atoms with Crippen LogP contribution in [0, 0.1) is 5.92 Å². The van der Waals surface area contributed by atoms with Crippen molar-refractivity contribution in [3.63, 3.8) is 0 Å². The molecule has 0 aromatic heterocycles. The summed E-state index contributed by atoms with van der Waals surface area (Å²) in [7, 11) is -0.393. The highest BCUT2D eigenvalue weighted by Gasteiger charge is 2.27. The first-order valence-corrected chi connectivity index (χ1v) is 7.42. The summed E-state index contributed by atoms with van der Waals surface area (Å²) in [6.07, 6.45) is 1.24. The molecule has 0 saturated carbocycles. The zero-order valence-corrected chi connectivity index (χ0v) is 9.43. The molecule has 1 aliphatic carbocycles. The smallest absolute Gasteiger partial charge is 0.133 e. The van der Waals surface area contributed by atoms with Crippen molar-refractivity contribution in [2.75, 3.05) is 0 Å². The largest absolute Gasteiger partial charge is 0.175 e. The van der Waals surface area contributed by atoms with Gasteiger partial charge in [-0.2, -0.15) is 11.1 Å². The van der Waals surface area contributed by atoms with Crippen molar-refractivity contribution in [1.29, 1.82) is 0 Å². The number of fused-ring (bicyclic) bond motifs is 1. The van der Waals surface area contributed by atoms with Crippen LogP contribution in [0.3, 0.4) is 0 Å². The molecule has 2 rings (SSSR count). The first kappa shape index (κ1) is 8.33. The second kappa shape index (κ2) is 3.23. The fourth-order valence-corrected chi connectivity index (χ4v) is 4.56. The fraction of sp³-hybridized carbons (Fsp3) is 0.400. The zero-order chi connectivity index (χ0) is 8.55. The average Bonchev–Trinajstić information content (AvgIpc) is 2.40. The molecule has 2 atom stereocenters. The lowest BCUT2D eigenvalue weighted by atomic mass is 10.1. The highest BCUT2D eigenvalue weighted by Crippen LogP contribution is 2.36. The summed E-state index contributed by atoms with van der Waals surface area (Å²) in [5.41, 5.74) is 3.79. The summed E-state index contributed by atoms with van der Waals surface area (Å²) in [5, 5.41) is 0. The number of rotatable bonds is 1. The molecule has 1 aromatic rings. The Bertz CT molecular complexity index is 285. The molecule has 0 nitrogen and oxygen atoms in total. The minimum atomic E-state index is -0.393. The highest BCUT2D eigenvalue weighted by atomic mass is 35.6. The predicted octanol–water partition coefficient (Wildman–Crippen LogP) is 2.24. The van der Waals surface area contributed by atoms with E-state index in [4.69, 9.17) is 11.1 Å². The standard InChI is InChI=1S/C10H13ClSi/c1-7-6-8-4-2-3-5-9(8)10(7)12-11/h2-5,7,10H,6,12H2,1H3. The third-order valence-electron chi connectivity index (χ3n) is 2.85. The molecule has 0 amide bonds. The van der Waals surface area contributed by atoms with Gasteiger partial charge in [-0.25, -0.2) is 0 Å². The maximum Gasteiger partial charge on any atom is 0.133 e. The molecule has 64 valence electrons. The van der Waals surface area contributed by atoms with Gasteiger partial charge in [-0.3, -0.25) is 0 Å². The van der Waals surface area contributed by atoms with E-state index in [2.05, 4.69) is 31.2 Å². The van der Waals surface area contributed by atoms with E-state index in [9.17, 15) is 0 Å². The summed E-state index contributed by atoms with van der Waals surface area (Å²) in [6.45, 7) is 2.32. The second-order valence-electron chi connectivity index (χ2n) is 3.64. The fourth-order valence-electron chi connectivity index (χ4n) is 2.11. The number of halogens is 1. The average molecular weight is 197 g/mol. The Kier molecular flexibility index (Phi) is 2.24. The normalized spacial score (nSPS) is 28.2. The van der Waals surface area contributed by atoms with Gasteiger partial charge in [0.05, 0.1) is 0 Å². The Morgan fingerprint density at radius 2 is 2.17 bits per heavy atom. The van der Waals surface area contributed by atoms with Gasteiger partial charge >= 0.3 is 0 Å². The van der Waals surface area contributed by atoms with Gasteiger partial charge in [0.2, 0.25) is 0 Å². The first-order chi connectivity index (χ1) is 5.83. The van der Waals surface area contributed by atoms with Gasteiger partial charge in [-0.05, 0) is 29.0 Å². The van der Waals surface area contributed by atoms with E-state index in [-0.39, 0.29) is 0 Å². The molecule has 0 spiro atoms. The van der Waals surface area contributed by atoms with Gasteiger partial charge < -0.3 is 0 Å². The van der Waals surface area contributed by atoms with Gasteiger partial charge in [-0.1, -0.05) is 31.2 Å². The van der Waals surface area contributed by atoms with Crippen LogP contribution in [0.1, 0.15) is 23.6 Å². The Balaban J connectivity index is 2.40. The van der Waals surface area contributed by atoms with Crippen LogP contribution in [-0.4, -0.2) is 8.83 Å². The van der Waals surface area contributed by atoms with Gasteiger partial charge in [-0.15, -0.1) is 0 Å². The van der Waals surface area contributed by atoms with E-state index in [1.807, 2.05) is 0 Å². The predicted molar refractivity (Wildman–Crippen MR) is 56.4 cm³/mol. The molecule has 0 heterocycles. The van der Waals surface area contributed by atoms with Crippen molar-refractivity contribution >= 4 is 19.9 Å². The Morgan fingerprint density at radius 1 is 1.42 bits per heavy atom. The molecule has 0 bridgehead atoms.